The van der Waals surface area contributed by atoms with Crippen molar-refractivity contribution in [1.82, 2.24) is 4.67 Å². The number of benzene rings is 2. The Morgan fingerprint density at radius 1 is 0.955 bits per heavy atom. The Morgan fingerprint density at radius 2 is 1.55 bits per heavy atom. The lowest BCUT2D eigenvalue weighted by Crippen LogP contribution is -2.41. The minimum atomic E-state index is -1.56. The van der Waals surface area contributed by atoms with E-state index in [0.717, 1.165) is 18.4 Å². The second kappa shape index (κ2) is 7.18. The van der Waals surface area contributed by atoms with Gasteiger partial charge in [0.25, 0.3) is 0 Å². The summed E-state index contributed by atoms with van der Waals surface area (Å²) in [5.41, 5.74) is 2.95. The third kappa shape index (κ3) is 4.67. The average molecular weight is 310 g/mol. The molecule has 0 saturated heterocycles. The average Bonchev–Trinajstić information content (AvgIpc) is 2.52. The van der Waals surface area contributed by atoms with Gasteiger partial charge in [0, 0.05) is 5.56 Å². The van der Waals surface area contributed by atoms with Crippen LogP contribution in [0.25, 0.3) is 0 Å². The van der Waals surface area contributed by atoms with Crippen LogP contribution < -0.4 is 0 Å². The van der Waals surface area contributed by atoms with Gasteiger partial charge in [0.15, 0.2) is 8.24 Å². The van der Waals surface area contributed by atoms with Crippen LogP contribution >= 0.6 is 0 Å². The minimum absolute atomic E-state index is 0.684. The van der Waals surface area contributed by atoms with Gasteiger partial charge in [0.2, 0.25) is 0 Å². The van der Waals surface area contributed by atoms with Gasteiger partial charge in [0.05, 0.1) is 12.8 Å². The molecule has 0 unspecified atom stereocenters. The molecule has 2 aromatic carbocycles. The number of hydrazone groups is 1. The number of rotatable bonds is 6. The summed E-state index contributed by atoms with van der Waals surface area (Å²) in [5.74, 6) is 0. The zero-order chi connectivity index (χ0) is 16.0. The molecular weight excluding hydrogens is 288 g/mol. The first-order valence-corrected chi connectivity index (χ1v) is 10.8. The van der Waals surface area contributed by atoms with E-state index in [-0.39, 0.29) is 0 Å². The zero-order valence-electron chi connectivity index (χ0n) is 13.4. The molecule has 0 saturated carbocycles. The lowest BCUT2D eigenvalue weighted by atomic mass is 10.2. The topological polar surface area (TPSA) is 32.7 Å². The summed E-state index contributed by atoms with van der Waals surface area (Å²) in [5, 5.41) is 4.70. The van der Waals surface area contributed by atoms with E-state index in [9.17, 15) is 4.79 Å². The molecule has 0 amide bonds. The van der Waals surface area contributed by atoms with Gasteiger partial charge in [-0.3, -0.25) is 4.79 Å². The third-order valence-electron chi connectivity index (χ3n) is 3.37. The lowest BCUT2D eigenvalue weighted by Gasteiger charge is -2.31. The van der Waals surface area contributed by atoms with E-state index in [1.165, 1.54) is 5.56 Å². The molecule has 0 fully saturated rings. The first-order chi connectivity index (χ1) is 10.5. The molecule has 2 aromatic rings. The molecule has 0 heterocycles. The number of aldehydes is 1. The third-order valence-corrected chi connectivity index (χ3v) is 5.19. The molecule has 0 radical (unpaired) electrons. The van der Waals surface area contributed by atoms with Gasteiger partial charge in [-0.1, -0.05) is 74.2 Å². The highest BCUT2D eigenvalue weighted by atomic mass is 28.3. The van der Waals surface area contributed by atoms with Crippen LogP contribution in [-0.2, 0) is 6.54 Å². The highest BCUT2D eigenvalue weighted by Gasteiger charge is 2.22. The first-order valence-electron chi connectivity index (χ1n) is 7.40. The quantitative estimate of drug-likeness (QED) is 0.347. The summed E-state index contributed by atoms with van der Waals surface area (Å²) in [6.45, 7) is 7.66. The van der Waals surface area contributed by atoms with Crippen LogP contribution in [0, 0.1) is 0 Å². The maximum absolute atomic E-state index is 10.7. The molecule has 0 aliphatic heterocycles. The molecule has 22 heavy (non-hydrogen) atoms. The van der Waals surface area contributed by atoms with E-state index >= 15 is 0 Å². The molecule has 0 spiro atoms. The number of carbonyl (C=O) groups excluding carboxylic acids is 1. The van der Waals surface area contributed by atoms with Crippen molar-refractivity contribution in [3.63, 3.8) is 0 Å². The molecule has 0 bridgehead atoms. The Bertz CT molecular complexity index is 630. The number of hydrogen-bond acceptors (Lipinski definition) is 3. The van der Waals surface area contributed by atoms with Crippen molar-refractivity contribution in [3.05, 3.63) is 71.3 Å². The van der Waals surface area contributed by atoms with E-state index in [1.807, 2.05) is 36.5 Å². The van der Waals surface area contributed by atoms with Gasteiger partial charge < -0.3 is 4.67 Å². The van der Waals surface area contributed by atoms with Crippen molar-refractivity contribution in [2.45, 2.75) is 26.2 Å². The molecule has 114 valence electrons. The summed E-state index contributed by atoms with van der Waals surface area (Å²) in [6.07, 6.45) is 2.72. The van der Waals surface area contributed by atoms with Gasteiger partial charge in [-0.25, -0.2) is 0 Å². The van der Waals surface area contributed by atoms with Crippen molar-refractivity contribution in [2.75, 3.05) is 0 Å². The van der Waals surface area contributed by atoms with E-state index in [2.05, 4.69) is 48.6 Å². The highest BCUT2D eigenvalue weighted by molar-refractivity contribution is 6.73. The monoisotopic (exact) mass is 310 g/mol. The summed E-state index contributed by atoms with van der Waals surface area (Å²) in [4.78, 5) is 10.7. The van der Waals surface area contributed by atoms with Gasteiger partial charge >= 0.3 is 0 Å². The molecule has 3 nitrogen and oxygen atoms in total. The van der Waals surface area contributed by atoms with Crippen LogP contribution in [-0.4, -0.2) is 25.4 Å². The first kappa shape index (κ1) is 16.2. The minimum Gasteiger partial charge on any atom is -0.320 e. The van der Waals surface area contributed by atoms with Crippen LogP contribution in [0.3, 0.4) is 0 Å². The van der Waals surface area contributed by atoms with Crippen LogP contribution in [0.5, 0.6) is 0 Å². The Balaban J connectivity index is 2.15. The van der Waals surface area contributed by atoms with Crippen molar-refractivity contribution < 1.29 is 4.79 Å². The van der Waals surface area contributed by atoms with Crippen LogP contribution in [0.1, 0.15) is 21.5 Å². The van der Waals surface area contributed by atoms with E-state index < -0.39 is 8.24 Å². The van der Waals surface area contributed by atoms with Crippen LogP contribution in [0.4, 0.5) is 0 Å². The standard InChI is InChI=1S/C18H22N2OSi/c1-22(2,3)20(14-17-7-5-4-6-8-17)19-13-16-9-11-18(15-21)12-10-16/h4-13,15H,14H2,1-3H3/b19-13+. The summed E-state index contributed by atoms with van der Waals surface area (Å²) >= 11 is 0. The predicted octanol–water partition coefficient (Wildman–Crippen LogP) is 4.17. The highest BCUT2D eigenvalue weighted by Crippen LogP contribution is 2.15. The van der Waals surface area contributed by atoms with E-state index in [1.54, 1.807) is 0 Å². The van der Waals surface area contributed by atoms with Gasteiger partial charge in [-0.2, -0.15) is 5.10 Å². The van der Waals surface area contributed by atoms with Crippen LogP contribution in [0.15, 0.2) is 59.7 Å². The van der Waals surface area contributed by atoms with Crippen molar-refractivity contribution in [2.24, 2.45) is 5.10 Å². The maximum Gasteiger partial charge on any atom is 0.169 e. The number of carbonyl (C=O) groups is 1. The molecule has 0 aliphatic carbocycles. The summed E-state index contributed by atoms with van der Waals surface area (Å²) in [7, 11) is -1.56. The van der Waals surface area contributed by atoms with E-state index in [4.69, 9.17) is 5.10 Å². The zero-order valence-corrected chi connectivity index (χ0v) is 14.4. The van der Waals surface area contributed by atoms with Crippen molar-refractivity contribution >= 4 is 20.7 Å². The molecule has 0 N–H and O–H groups in total. The maximum atomic E-state index is 10.7. The Morgan fingerprint density at radius 3 is 2.09 bits per heavy atom. The number of nitrogens with zero attached hydrogens (tertiary/aromatic N) is 2. The predicted molar refractivity (Wildman–Crippen MR) is 94.8 cm³/mol. The second-order valence-electron chi connectivity index (χ2n) is 6.24. The summed E-state index contributed by atoms with van der Waals surface area (Å²) in [6, 6.07) is 17.8. The normalized spacial score (nSPS) is 11.6. The lowest BCUT2D eigenvalue weighted by molar-refractivity contribution is 0.112. The Kier molecular flexibility index (Phi) is 5.28. The van der Waals surface area contributed by atoms with Gasteiger partial charge in [-0.05, 0) is 11.1 Å². The largest absolute Gasteiger partial charge is 0.320 e. The smallest absolute Gasteiger partial charge is 0.169 e. The van der Waals surface area contributed by atoms with E-state index in [0.29, 0.717) is 5.56 Å². The Labute approximate surface area is 133 Å². The van der Waals surface area contributed by atoms with Crippen molar-refractivity contribution in [3.8, 4) is 0 Å². The number of hydrogen-bond donors (Lipinski definition) is 0. The van der Waals surface area contributed by atoms with Crippen LogP contribution in [0.2, 0.25) is 19.6 Å². The van der Waals surface area contributed by atoms with Gasteiger partial charge in [-0.15, -0.1) is 0 Å². The fourth-order valence-electron chi connectivity index (χ4n) is 2.00. The fraction of sp³-hybridized carbons (Fsp3) is 0.222. The second-order valence-corrected chi connectivity index (χ2v) is 11.1. The molecule has 4 heteroatoms. The molecule has 0 atom stereocenters. The Hall–Kier alpha value is -2.20. The molecule has 0 aliphatic rings. The molecule has 2 rings (SSSR count). The summed E-state index contributed by atoms with van der Waals surface area (Å²) < 4.78 is 2.20. The van der Waals surface area contributed by atoms with Crippen molar-refractivity contribution in [1.29, 1.82) is 0 Å². The molecular formula is C18H22N2OSi. The SMILES string of the molecule is C[Si](C)(C)N(Cc1ccccc1)/N=C/c1ccc(C=O)cc1. The molecule has 0 aromatic heterocycles. The fourth-order valence-corrected chi connectivity index (χ4v) is 3.07. The van der Waals surface area contributed by atoms with Gasteiger partial charge in [0.1, 0.15) is 6.29 Å².